The Hall–Kier alpha value is -1.64. The maximum atomic E-state index is 11.4. The number of nitrogens with zero attached hydrogens (tertiary/aromatic N) is 2. The number of rotatable bonds is 2. The maximum absolute atomic E-state index is 11.4. The van der Waals surface area contributed by atoms with E-state index in [-0.39, 0.29) is 5.78 Å². The van der Waals surface area contributed by atoms with E-state index in [2.05, 4.69) is 9.55 Å². The molecule has 1 aromatic carbocycles. The molecule has 1 aliphatic rings. The molecule has 0 atom stereocenters. The second-order valence-corrected chi connectivity index (χ2v) is 4.92. The molecule has 3 heteroatoms. The molecule has 3 nitrogen and oxygen atoms in total. The number of imidazole rings is 1. The standard InChI is InChI=1S/C14H16N2O/c1-9(17)11-6-7-12-13(8-11)16(2)14(15-12)10-4-3-5-10/h6-8,10H,3-5H2,1-2H3. The van der Waals surface area contributed by atoms with E-state index < -0.39 is 0 Å². The smallest absolute Gasteiger partial charge is 0.159 e. The predicted molar refractivity (Wildman–Crippen MR) is 67.3 cm³/mol. The summed E-state index contributed by atoms with van der Waals surface area (Å²) in [6.45, 7) is 1.60. The summed E-state index contributed by atoms with van der Waals surface area (Å²) in [5, 5.41) is 0. The van der Waals surface area contributed by atoms with Gasteiger partial charge in [0, 0.05) is 18.5 Å². The van der Waals surface area contributed by atoms with Crippen LogP contribution in [0, 0.1) is 0 Å². The molecular weight excluding hydrogens is 212 g/mol. The molecule has 1 saturated carbocycles. The molecular formula is C14H16N2O. The number of carbonyl (C=O) groups is 1. The fourth-order valence-electron chi connectivity index (χ4n) is 2.46. The summed E-state index contributed by atoms with van der Waals surface area (Å²) in [6, 6.07) is 5.77. The van der Waals surface area contributed by atoms with Crippen LogP contribution in [0.3, 0.4) is 0 Å². The second kappa shape index (κ2) is 3.69. The second-order valence-electron chi connectivity index (χ2n) is 4.92. The van der Waals surface area contributed by atoms with Gasteiger partial charge in [-0.25, -0.2) is 4.98 Å². The van der Waals surface area contributed by atoms with Gasteiger partial charge in [-0.05, 0) is 38.0 Å². The summed E-state index contributed by atoms with van der Waals surface area (Å²) in [7, 11) is 2.05. The van der Waals surface area contributed by atoms with E-state index in [1.165, 1.54) is 25.1 Å². The van der Waals surface area contributed by atoms with Crippen molar-refractivity contribution in [2.45, 2.75) is 32.1 Å². The highest BCUT2D eigenvalue weighted by molar-refractivity contribution is 5.97. The number of aryl methyl sites for hydroxylation is 1. The highest BCUT2D eigenvalue weighted by Crippen LogP contribution is 2.36. The number of aromatic nitrogens is 2. The Balaban J connectivity index is 2.15. The van der Waals surface area contributed by atoms with Crippen molar-refractivity contribution in [2.24, 2.45) is 7.05 Å². The maximum Gasteiger partial charge on any atom is 0.159 e. The first-order valence-electron chi connectivity index (χ1n) is 6.14. The summed E-state index contributed by atoms with van der Waals surface area (Å²) in [5.74, 6) is 1.90. The van der Waals surface area contributed by atoms with E-state index in [0.29, 0.717) is 5.92 Å². The Morgan fingerprint density at radius 1 is 1.41 bits per heavy atom. The van der Waals surface area contributed by atoms with Crippen LogP contribution < -0.4 is 0 Å². The Bertz CT molecular complexity index is 594. The normalized spacial score (nSPS) is 16.1. The molecule has 1 aliphatic carbocycles. The van der Waals surface area contributed by atoms with Gasteiger partial charge in [0.15, 0.2) is 5.78 Å². The van der Waals surface area contributed by atoms with Crippen LogP contribution >= 0.6 is 0 Å². The summed E-state index contributed by atoms with van der Waals surface area (Å²) < 4.78 is 2.14. The number of hydrogen-bond acceptors (Lipinski definition) is 2. The third-order valence-corrected chi connectivity index (χ3v) is 3.79. The van der Waals surface area contributed by atoms with Crippen LogP contribution in [-0.2, 0) is 7.05 Å². The van der Waals surface area contributed by atoms with Crippen molar-refractivity contribution in [1.29, 1.82) is 0 Å². The zero-order valence-corrected chi connectivity index (χ0v) is 10.2. The molecule has 1 fully saturated rings. The van der Waals surface area contributed by atoms with Crippen molar-refractivity contribution < 1.29 is 4.79 Å². The first kappa shape index (κ1) is 10.5. The predicted octanol–water partition coefficient (Wildman–Crippen LogP) is 3.04. The lowest BCUT2D eigenvalue weighted by molar-refractivity contribution is 0.101. The Morgan fingerprint density at radius 2 is 2.18 bits per heavy atom. The summed E-state index contributed by atoms with van der Waals surface area (Å²) in [4.78, 5) is 16.1. The molecule has 2 aromatic rings. The minimum atomic E-state index is 0.110. The zero-order valence-electron chi connectivity index (χ0n) is 10.2. The molecule has 0 unspecified atom stereocenters. The van der Waals surface area contributed by atoms with E-state index in [1.54, 1.807) is 6.92 Å². The fourth-order valence-corrected chi connectivity index (χ4v) is 2.46. The molecule has 17 heavy (non-hydrogen) atoms. The van der Waals surface area contributed by atoms with E-state index in [4.69, 9.17) is 0 Å². The number of carbonyl (C=O) groups excluding carboxylic acids is 1. The van der Waals surface area contributed by atoms with E-state index in [1.807, 2.05) is 25.2 Å². The lowest BCUT2D eigenvalue weighted by atomic mass is 9.85. The molecule has 1 aromatic heterocycles. The van der Waals surface area contributed by atoms with Gasteiger partial charge in [-0.3, -0.25) is 4.79 Å². The fraction of sp³-hybridized carbons (Fsp3) is 0.429. The van der Waals surface area contributed by atoms with Gasteiger partial charge in [0.05, 0.1) is 11.0 Å². The van der Waals surface area contributed by atoms with Crippen LogP contribution in [-0.4, -0.2) is 15.3 Å². The van der Waals surface area contributed by atoms with Crippen molar-refractivity contribution in [3.05, 3.63) is 29.6 Å². The molecule has 0 saturated heterocycles. The minimum absolute atomic E-state index is 0.110. The van der Waals surface area contributed by atoms with E-state index >= 15 is 0 Å². The Kier molecular flexibility index (Phi) is 2.28. The largest absolute Gasteiger partial charge is 0.331 e. The van der Waals surface area contributed by atoms with Crippen LogP contribution in [0.5, 0.6) is 0 Å². The SMILES string of the molecule is CC(=O)c1ccc2nc(C3CCC3)n(C)c2c1. The van der Waals surface area contributed by atoms with Crippen molar-refractivity contribution in [2.75, 3.05) is 0 Å². The van der Waals surface area contributed by atoms with Crippen LogP contribution in [0.4, 0.5) is 0 Å². The van der Waals surface area contributed by atoms with Crippen molar-refractivity contribution in [3.63, 3.8) is 0 Å². The van der Waals surface area contributed by atoms with Crippen LogP contribution in [0.2, 0.25) is 0 Å². The quantitative estimate of drug-likeness (QED) is 0.740. The Labute approximate surface area is 100 Å². The number of benzene rings is 1. The van der Waals surface area contributed by atoms with Crippen LogP contribution in [0.15, 0.2) is 18.2 Å². The van der Waals surface area contributed by atoms with Gasteiger partial charge >= 0.3 is 0 Å². The molecule has 3 rings (SSSR count). The highest BCUT2D eigenvalue weighted by Gasteiger charge is 2.24. The van der Waals surface area contributed by atoms with Gasteiger partial charge < -0.3 is 4.57 Å². The molecule has 1 heterocycles. The molecule has 88 valence electrons. The summed E-state index contributed by atoms with van der Waals surface area (Å²) >= 11 is 0. The zero-order chi connectivity index (χ0) is 12.0. The van der Waals surface area contributed by atoms with Gasteiger partial charge in [0.25, 0.3) is 0 Å². The topological polar surface area (TPSA) is 34.9 Å². The number of hydrogen-bond donors (Lipinski definition) is 0. The summed E-state index contributed by atoms with van der Waals surface area (Å²) in [5.41, 5.74) is 2.83. The molecule has 0 spiro atoms. The number of ketones is 1. The first-order valence-corrected chi connectivity index (χ1v) is 6.14. The molecule has 0 radical (unpaired) electrons. The van der Waals surface area contributed by atoms with Crippen molar-refractivity contribution in [1.82, 2.24) is 9.55 Å². The summed E-state index contributed by atoms with van der Waals surface area (Å²) in [6.07, 6.45) is 3.81. The average Bonchev–Trinajstić information content (AvgIpc) is 2.54. The van der Waals surface area contributed by atoms with Gasteiger partial charge in [-0.15, -0.1) is 0 Å². The van der Waals surface area contributed by atoms with E-state index in [0.717, 1.165) is 16.6 Å². The highest BCUT2D eigenvalue weighted by atomic mass is 16.1. The van der Waals surface area contributed by atoms with Crippen LogP contribution in [0.1, 0.15) is 48.3 Å². The van der Waals surface area contributed by atoms with Crippen LogP contribution in [0.25, 0.3) is 11.0 Å². The third-order valence-electron chi connectivity index (χ3n) is 3.79. The van der Waals surface area contributed by atoms with Gasteiger partial charge in [-0.2, -0.15) is 0 Å². The van der Waals surface area contributed by atoms with Crippen molar-refractivity contribution in [3.8, 4) is 0 Å². The molecule has 0 amide bonds. The van der Waals surface area contributed by atoms with Gasteiger partial charge in [-0.1, -0.05) is 6.42 Å². The molecule has 0 bridgehead atoms. The first-order chi connectivity index (χ1) is 8.16. The Morgan fingerprint density at radius 3 is 2.76 bits per heavy atom. The average molecular weight is 228 g/mol. The lowest BCUT2D eigenvalue weighted by Gasteiger charge is -2.24. The number of fused-ring (bicyclic) bond motifs is 1. The minimum Gasteiger partial charge on any atom is -0.331 e. The molecule has 0 N–H and O–H groups in total. The van der Waals surface area contributed by atoms with Gasteiger partial charge in [0.1, 0.15) is 5.82 Å². The van der Waals surface area contributed by atoms with Crippen molar-refractivity contribution >= 4 is 16.8 Å². The molecule has 0 aliphatic heterocycles. The third kappa shape index (κ3) is 1.57. The lowest BCUT2D eigenvalue weighted by Crippen LogP contribution is -2.13. The number of Topliss-reactive ketones (excluding diaryl/α,β-unsaturated/α-hetero) is 1. The van der Waals surface area contributed by atoms with E-state index in [9.17, 15) is 4.79 Å². The monoisotopic (exact) mass is 228 g/mol. The van der Waals surface area contributed by atoms with Gasteiger partial charge in [0.2, 0.25) is 0 Å².